The molecule has 1 aliphatic carbocycles. The predicted molar refractivity (Wildman–Crippen MR) is 159 cm³/mol. The SMILES string of the molecule is COc1cc2c(Oc3ccc(NC(=O)C4(C(=O)Nc5ccc(F)cc5)CC4)cc3F)ccnc2cc1OCCCCCC(=O)[O-].[Na+]. The number of hydrogen-bond donors (Lipinski definition) is 2. The zero-order chi connectivity index (χ0) is 32.0. The predicted octanol–water partition coefficient (Wildman–Crippen LogP) is 2.36. The Balaban J connectivity index is 0.00000480. The van der Waals surface area contributed by atoms with Gasteiger partial charge < -0.3 is 34.7 Å². The van der Waals surface area contributed by atoms with Crippen LogP contribution in [-0.2, 0) is 14.4 Å². The molecule has 1 saturated carbocycles. The molecule has 0 bridgehead atoms. The van der Waals surface area contributed by atoms with E-state index < -0.39 is 34.8 Å². The van der Waals surface area contributed by atoms with E-state index in [2.05, 4.69) is 15.6 Å². The van der Waals surface area contributed by atoms with Crippen LogP contribution in [0.3, 0.4) is 0 Å². The van der Waals surface area contributed by atoms with Crippen molar-refractivity contribution in [3.63, 3.8) is 0 Å². The molecule has 1 aliphatic rings. The number of carbonyl (C=O) groups excluding carboxylic acids is 3. The quantitative estimate of drug-likeness (QED) is 0.122. The molecular formula is C33H30F2N3NaO7. The van der Waals surface area contributed by atoms with Gasteiger partial charge >= 0.3 is 29.6 Å². The Bertz CT molecular complexity index is 1730. The summed E-state index contributed by atoms with van der Waals surface area (Å²) in [6, 6.07) is 14.1. The van der Waals surface area contributed by atoms with Crippen molar-refractivity contribution in [2.75, 3.05) is 24.4 Å². The number of halogens is 2. The molecule has 234 valence electrons. The number of carboxylic acids is 1. The first-order valence-electron chi connectivity index (χ1n) is 14.3. The van der Waals surface area contributed by atoms with Crippen molar-refractivity contribution in [1.29, 1.82) is 0 Å². The molecule has 0 unspecified atom stereocenters. The van der Waals surface area contributed by atoms with E-state index in [1.54, 1.807) is 18.2 Å². The van der Waals surface area contributed by atoms with E-state index in [0.717, 1.165) is 6.07 Å². The minimum Gasteiger partial charge on any atom is -0.550 e. The number of pyridine rings is 1. The van der Waals surface area contributed by atoms with Crippen LogP contribution in [0.1, 0.15) is 38.5 Å². The van der Waals surface area contributed by atoms with Gasteiger partial charge in [-0.15, -0.1) is 0 Å². The first-order valence-corrected chi connectivity index (χ1v) is 14.3. The summed E-state index contributed by atoms with van der Waals surface area (Å²) in [4.78, 5) is 40.7. The van der Waals surface area contributed by atoms with Crippen molar-refractivity contribution in [3.05, 3.63) is 78.5 Å². The average Bonchev–Trinajstić information content (AvgIpc) is 3.83. The summed E-state index contributed by atoms with van der Waals surface area (Å²) in [5, 5.41) is 16.3. The summed E-state index contributed by atoms with van der Waals surface area (Å²) in [6.07, 6.45) is 3.98. The maximum Gasteiger partial charge on any atom is 1.00 e. The molecule has 0 atom stereocenters. The van der Waals surface area contributed by atoms with E-state index in [-0.39, 0.29) is 47.4 Å². The van der Waals surface area contributed by atoms with E-state index in [1.165, 1.54) is 49.7 Å². The van der Waals surface area contributed by atoms with Crippen LogP contribution in [0.25, 0.3) is 10.9 Å². The number of rotatable bonds is 14. The number of benzene rings is 3. The van der Waals surface area contributed by atoms with E-state index in [1.807, 2.05) is 0 Å². The summed E-state index contributed by atoms with van der Waals surface area (Å²) in [7, 11) is 1.48. The van der Waals surface area contributed by atoms with Gasteiger partial charge in [0.25, 0.3) is 0 Å². The third kappa shape index (κ3) is 8.31. The Morgan fingerprint density at radius 1 is 0.848 bits per heavy atom. The Kier molecular flexibility index (Phi) is 11.5. The average molecular weight is 642 g/mol. The van der Waals surface area contributed by atoms with Crippen molar-refractivity contribution in [2.24, 2.45) is 5.41 Å². The number of aliphatic carboxylic acids is 1. The Morgan fingerprint density at radius 3 is 2.20 bits per heavy atom. The number of anilines is 2. The normalized spacial score (nSPS) is 12.8. The van der Waals surface area contributed by atoms with Gasteiger partial charge in [-0.1, -0.05) is 0 Å². The van der Waals surface area contributed by atoms with Crippen LogP contribution in [0.15, 0.2) is 66.9 Å². The third-order valence-corrected chi connectivity index (χ3v) is 7.40. The number of methoxy groups -OCH3 is 1. The topological polar surface area (TPSA) is 139 Å². The van der Waals surface area contributed by atoms with Gasteiger partial charge in [0, 0.05) is 41.1 Å². The summed E-state index contributed by atoms with van der Waals surface area (Å²) in [5.41, 5.74) is -0.275. The molecule has 13 heteroatoms. The van der Waals surface area contributed by atoms with Gasteiger partial charge in [0.15, 0.2) is 23.1 Å². The van der Waals surface area contributed by atoms with Crippen LogP contribution in [0, 0.1) is 17.0 Å². The summed E-state index contributed by atoms with van der Waals surface area (Å²) < 4.78 is 45.6. The summed E-state index contributed by atoms with van der Waals surface area (Å²) in [6.45, 7) is 0.346. The first-order chi connectivity index (χ1) is 21.7. The van der Waals surface area contributed by atoms with E-state index in [4.69, 9.17) is 14.2 Å². The molecule has 3 aromatic carbocycles. The smallest absolute Gasteiger partial charge is 0.550 e. The van der Waals surface area contributed by atoms with Gasteiger partial charge in [-0.2, -0.15) is 0 Å². The van der Waals surface area contributed by atoms with E-state index in [9.17, 15) is 23.9 Å². The summed E-state index contributed by atoms with van der Waals surface area (Å²) >= 11 is 0. The van der Waals surface area contributed by atoms with Gasteiger partial charge in [-0.25, -0.2) is 8.78 Å². The molecule has 4 aromatic rings. The van der Waals surface area contributed by atoms with Crippen LogP contribution in [0.4, 0.5) is 20.2 Å². The first kappa shape index (κ1) is 34.6. The number of carbonyl (C=O) groups is 3. The number of nitrogens with one attached hydrogen (secondary N) is 2. The monoisotopic (exact) mass is 641 g/mol. The van der Waals surface area contributed by atoms with Crippen LogP contribution < -0.4 is 59.5 Å². The molecule has 0 spiro atoms. The molecule has 1 heterocycles. The number of amides is 2. The molecule has 0 aliphatic heterocycles. The minimum absolute atomic E-state index is 0. The molecule has 0 radical (unpaired) electrons. The van der Waals surface area contributed by atoms with E-state index in [0.29, 0.717) is 72.5 Å². The van der Waals surface area contributed by atoms with Crippen molar-refractivity contribution in [3.8, 4) is 23.0 Å². The molecule has 1 fully saturated rings. The van der Waals surface area contributed by atoms with Gasteiger partial charge in [0.2, 0.25) is 11.8 Å². The second kappa shape index (κ2) is 15.4. The number of carboxylic acid groups (broad SMARTS) is 1. The van der Waals surface area contributed by atoms with E-state index >= 15 is 4.39 Å². The number of hydrogen-bond acceptors (Lipinski definition) is 8. The van der Waals surface area contributed by atoms with Crippen molar-refractivity contribution in [1.82, 2.24) is 4.98 Å². The second-order valence-corrected chi connectivity index (χ2v) is 10.6. The van der Waals surface area contributed by atoms with Crippen LogP contribution in [0.2, 0.25) is 0 Å². The largest absolute Gasteiger partial charge is 1.00 e. The molecule has 46 heavy (non-hydrogen) atoms. The number of ether oxygens (including phenoxy) is 3. The fourth-order valence-electron chi connectivity index (χ4n) is 4.72. The number of aromatic nitrogens is 1. The molecule has 10 nitrogen and oxygen atoms in total. The van der Waals surface area contributed by atoms with Gasteiger partial charge in [-0.05, 0) is 87.1 Å². The zero-order valence-electron chi connectivity index (χ0n) is 25.4. The number of fused-ring (bicyclic) bond motifs is 1. The van der Waals surface area contributed by atoms with Gasteiger partial charge in [0.05, 0.1) is 19.2 Å². The second-order valence-electron chi connectivity index (χ2n) is 10.6. The van der Waals surface area contributed by atoms with Crippen LogP contribution >= 0.6 is 0 Å². The fourth-order valence-corrected chi connectivity index (χ4v) is 4.72. The van der Waals surface area contributed by atoms with Crippen molar-refractivity contribution >= 4 is 40.1 Å². The maximum atomic E-state index is 15.2. The standard InChI is InChI=1S/C33H31F2N3O7.Na/c1-43-28-18-23-25(19-29(28)44-16-4-2-3-5-30(39)40)36-15-12-26(23)45-27-11-10-22(17-24(27)35)38-32(42)33(13-14-33)31(41)37-21-8-6-20(34)7-9-21;/h6-12,15,17-19H,2-5,13-14,16H2,1H3,(H,37,41)(H,38,42)(H,39,40);/q;+1/p-1. The van der Waals surface area contributed by atoms with Crippen LogP contribution in [-0.4, -0.2) is 36.5 Å². The minimum atomic E-state index is -1.30. The molecular weight excluding hydrogens is 611 g/mol. The summed E-state index contributed by atoms with van der Waals surface area (Å²) in [5.74, 6) is -2.31. The molecule has 2 amide bonds. The molecule has 5 rings (SSSR count). The molecule has 1 aromatic heterocycles. The molecule has 0 saturated heterocycles. The number of nitrogens with zero attached hydrogens (tertiary/aromatic N) is 1. The third-order valence-electron chi connectivity index (χ3n) is 7.40. The van der Waals surface area contributed by atoms with Crippen molar-refractivity contribution < 1.29 is 72.0 Å². The zero-order valence-corrected chi connectivity index (χ0v) is 27.4. The number of unbranched alkanes of at least 4 members (excludes halogenated alkanes) is 2. The van der Waals surface area contributed by atoms with Gasteiger partial charge in [0.1, 0.15) is 17.0 Å². The van der Waals surface area contributed by atoms with Crippen molar-refractivity contribution in [2.45, 2.75) is 38.5 Å². The Morgan fingerprint density at radius 2 is 1.54 bits per heavy atom. The maximum absolute atomic E-state index is 15.2. The van der Waals surface area contributed by atoms with Gasteiger partial charge in [-0.3, -0.25) is 14.6 Å². The Labute approximate surface area is 285 Å². The molecule has 2 N–H and O–H groups in total. The van der Waals surface area contributed by atoms with Crippen LogP contribution in [0.5, 0.6) is 23.0 Å². The Hall–Kier alpha value is -4.26. The fraction of sp³-hybridized carbons (Fsp3) is 0.273.